The molecule has 0 aliphatic heterocycles. The quantitative estimate of drug-likeness (QED) is 0.736. The van der Waals surface area contributed by atoms with E-state index in [1.807, 2.05) is 0 Å². The summed E-state index contributed by atoms with van der Waals surface area (Å²) < 4.78 is 2.06. The highest BCUT2D eigenvalue weighted by Crippen LogP contribution is 2.05. The van der Waals surface area contributed by atoms with Gasteiger partial charge in [-0.25, -0.2) is 0 Å². The standard InChI is InChI=1S/C12H24N4/c1-4-11(13)6-7-16-10(3)8-12(15-16)9-14-5-2/h8,11,14H,4-7,9,13H2,1-3H3. The molecule has 0 spiro atoms. The van der Waals surface area contributed by atoms with E-state index in [4.69, 9.17) is 5.73 Å². The molecule has 1 aromatic rings. The number of nitrogens with two attached hydrogens (primary N) is 1. The van der Waals surface area contributed by atoms with Gasteiger partial charge in [0.25, 0.3) is 0 Å². The molecule has 1 unspecified atom stereocenters. The molecule has 4 nitrogen and oxygen atoms in total. The van der Waals surface area contributed by atoms with Crippen LogP contribution in [0, 0.1) is 6.92 Å². The zero-order valence-electron chi connectivity index (χ0n) is 10.7. The molecule has 0 saturated carbocycles. The minimum absolute atomic E-state index is 0.292. The Balaban J connectivity index is 2.49. The highest BCUT2D eigenvalue weighted by Gasteiger charge is 2.05. The molecular weight excluding hydrogens is 200 g/mol. The van der Waals surface area contributed by atoms with E-state index in [0.29, 0.717) is 6.04 Å². The second-order valence-corrected chi connectivity index (χ2v) is 4.24. The summed E-state index contributed by atoms with van der Waals surface area (Å²) in [6, 6.07) is 2.43. The van der Waals surface area contributed by atoms with Crippen LogP contribution in [0.1, 0.15) is 38.1 Å². The van der Waals surface area contributed by atoms with E-state index in [2.05, 4.69) is 41.9 Å². The van der Waals surface area contributed by atoms with Crippen LogP contribution in [0.2, 0.25) is 0 Å². The fraction of sp³-hybridized carbons (Fsp3) is 0.750. The molecule has 92 valence electrons. The molecule has 0 aromatic carbocycles. The molecule has 4 heteroatoms. The monoisotopic (exact) mass is 224 g/mol. The van der Waals surface area contributed by atoms with Gasteiger partial charge in [-0.05, 0) is 32.4 Å². The molecule has 1 rings (SSSR count). The SMILES string of the molecule is CCNCc1cc(C)n(CCC(N)CC)n1. The third kappa shape index (κ3) is 3.94. The van der Waals surface area contributed by atoms with Crippen LogP contribution in [-0.2, 0) is 13.1 Å². The molecule has 1 atom stereocenters. The molecule has 0 aliphatic carbocycles. The molecule has 1 heterocycles. The van der Waals surface area contributed by atoms with Crippen molar-refractivity contribution in [1.82, 2.24) is 15.1 Å². The summed E-state index contributed by atoms with van der Waals surface area (Å²) in [6.45, 7) is 9.07. The van der Waals surface area contributed by atoms with E-state index in [9.17, 15) is 0 Å². The largest absolute Gasteiger partial charge is 0.328 e. The van der Waals surface area contributed by atoms with E-state index in [-0.39, 0.29) is 0 Å². The van der Waals surface area contributed by atoms with E-state index < -0.39 is 0 Å². The predicted octanol–water partition coefficient (Wildman–Crippen LogP) is 1.43. The first-order chi connectivity index (χ1) is 7.67. The smallest absolute Gasteiger partial charge is 0.0765 e. The van der Waals surface area contributed by atoms with Gasteiger partial charge in [0.05, 0.1) is 5.69 Å². The first-order valence-electron chi connectivity index (χ1n) is 6.17. The molecule has 1 aromatic heterocycles. The minimum Gasteiger partial charge on any atom is -0.328 e. The van der Waals surface area contributed by atoms with Crippen LogP contribution in [0.4, 0.5) is 0 Å². The van der Waals surface area contributed by atoms with Crippen molar-refractivity contribution in [3.63, 3.8) is 0 Å². The van der Waals surface area contributed by atoms with Crippen LogP contribution in [0.3, 0.4) is 0 Å². The van der Waals surface area contributed by atoms with Gasteiger partial charge < -0.3 is 11.1 Å². The summed E-state index contributed by atoms with van der Waals surface area (Å²) >= 11 is 0. The Labute approximate surface area is 98.2 Å². The van der Waals surface area contributed by atoms with Crippen LogP contribution < -0.4 is 11.1 Å². The van der Waals surface area contributed by atoms with Crippen LogP contribution in [-0.4, -0.2) is 22.4 Å². The van der Waals surface area contributed by atoms with Crippen molar-refractivity contribution in [2.75, 3.05) is 6.54 Å². The first-order valence-corrected chi connectivity index (χ1v) is 6.17. The minimum atomic E-state index is 0.292. The zero-order chi connectivity index (χ0) is 12.0. The Hall–Kier alpha value is -0.870. The summed E-state index contributed by atoms with van der Waals surface area (Å²) in [7, 11) is 0. The van der Waals surface area contributed by atoms with Gasteiger partial charge in [-0.2, -0.15) is 5.10 Å². The van der Waals surface area contributed by atoms with Gasteiger partial charge in [-0.1, -0.05) is 13.8 Å². The molecule has 0 saturated heterocycles. The molecule has 0 aliphatic rings. The van der Waals surface area contributed by atoms with Crippen LogP contribution in [0.25, 0.3) is 0 Å². The maximum atomic E-state index is 5.90. The van der Waals surface area contributed by atoms with Gasteiger partial charge in [-0.3, -0.25) is 4.68 Å². The summed E-state index contributed by atoms with van der Waals surface area (Å²) in [5.41, 5.74) is 8.24. The van der Waals surface area contributed by atoms with E-state index in [1.165, 1.54) is 5.69 Å². The Bertz CT molecular complexity index is 306. The topological polar surface area (TPSA) is 55.9 Å². The van der Waals surface area contributed by atoms with Crippen molar-refractivity contribution in [1.29, 1.82) is 0 Å². The average Bonchev–Trinajstić information content (AvgIpc) is 2.64. The lowest BCUT2D eigenvalue weighted by Crippen LogP contribution is -2.21. The molecule has 0 fully saturated rings. The maximum absolute atomic E-state index is 5.90. The van der Waals surface area contributed by atoms with Gasteiger partial charge >= 0.3 is 0 Å². The fourth-order valence-electron chi connectivity index (χ4n) is 1.64. The first kappa shape index (κ1) is 13.2. The predicted molar refractivity (Wildman–Crippen MR) is 67.2 cm³/mol. The van der Waals surface area contributed by atoms with Gasteiger partial charge in [0.2, 0.25) is 0 Å². The molecule has 3 N–H and O–H groups in total. The normalized spacial score (nSPS) is 13.0. The van der Waals surface area contributed by atoms with E-state index in [0.717, 1.165) is 38.2 Å². The van der Waals surface area contributed by atoms with Gasteiger partial charge in [-0.15, -0.1) is 0 Å². The fourth-order valence-corrected chi connectivity index (χ4v) is 1.64. The van der Waals surface area contributed by atoms with Crippen LogP contribution in [0.15, 0.2) is 6.07 Å². The third-order valence-corrected chi connectivity index (χ3v) is 2.82. The van der Waals surface area contributed by atoms with E-state index in [1.54, 1.807) is 0 Å². The lowest BCUT2D eigenvalue weighted by Gasteiger charge is -2.09. The van der Waals surface area contributed by atoms with Crippen molar-refractivity contribution < 1.29 is 0 Å². The average molecular weight is 224 g/mol. The summed E-state index contributed by atoms with van der Waals surface area (Å²) in [6.07, 6.45) is 2.03. The number of hydrogen-bond acceptors (Lipinski definition) is 3. The van der Waals surface area contributed by atoms with Crippen molar-refractivity contribution in [3.8, 4) is 0 Å². The van der Waals surface area contributed by atoms with Crippen molar-refractivity contribution in [3.05, 3.63) is 17.5 Å². The lowest BCUT2D eigenvalue weighted by molar-refractivity contribution is 0.490. The molecule has 0 amide bonds. The summed E-state index contributed by atoms with van der Waals surface area (Å²) in [5.74, 6) is 0. The number of aryl methyl sites for hydroxylation is 2. The Morgan fingerprint density at radius 1 is 1.50 bits per heavy atom. The van der Waals surface area contributed by atoms with Crippen LogP contribution >= 0.6 is 0 Å². The second-order valence-electron chi connectivity index (χ2n) is 4.24. The molecule has 0 bridgehead atoms. The van der Waals surface area contributed by atoms with Crippen molar-refractivity contribution >= 4 is 0 Å². The van der Waals surface area contributed by atoms with Crippen molar-refractivity contribution in [2.45, 2.75) is 52.7 Å². The van der Waals surface area contributed by atoms with Crippen molar-refractivity contribution in [2.24, 2.45) is 5.73 Å². The third-order valence-electron chi connectivity index (χ3n) is 2.82. The molecule has 0 radical (unpaired) electrons. The van der Waals surface area contributed by atoms with Gasteiger partial charge in [0.15, 0.2) is 0 Å². The maximum Gasteiger partial charge on any atom is 0.0765 e. The summed E-state index contributed by atoms with van der Waals surface area (Å²) in [5, 5.41) is 7.83. The molecule has 16 heavy (non-hydrogen) atoms. The van der Waals surface area contributed by atoms with E-state index >= 15 is 0 Å². The number of nitrogens with zero attached hydrogens (tertiary/aromatic N) is 2. The van der Waals surface area contributed by atoms with Gasteiger partial charge in [0.1, 0.15) is 0 Å². The second kappa shape index (κ2) is 6.66. The highest BCUT2D eigenvalue weighted by atomic mass is 15.3. The number of aromatic nitrogens is 2. The number of rotatable bonds is 7. The van der Waals surface area contributed by atoms with Gasteiger partial charge in [0, 0.05) is 24.8 Å². The zero-order valence-corrected chi connectivity index (χ0v) is 10.7. The Morgan fingerprint density at radius 2 is 2.25 bits per heavy atom. The lowest BCUT2D eigenvalue weighted by atomic mass is 10.2. The van der Waals surface area contributed by atoms with Crippen LogP contribution in [0.5, 0.6) is 0 Å². The Kier molecular flexibility index (Phi) is 5.49. The number of nitrogens with one attached hydrogen (secondary N) is 1. The Morgan fingerprint density at radius 3 is 2.88 bits per heavy atom. The molecular formula is C12H24N4. The summed E-state index contributed by atoms with van der Waals surface area (Å²) in [4.78, 5) is 0. The number of hydrogen-bond donors (Lipinski definition) is 2. The highest BCUT2D eigenvalue weighted by molar-refractivity contribution is 5.08.